The summed E-state index contributed by atoms with van der Waals surface area (Å²) in [5.74, 6) is 0.845. The van der Waals surface area contributed by atoms with Gasteiger partial charge in [-0.1, -0.05) is 24.6 Å². The Kier molecular flexibility index (Phi) is 3.97. The summed E-state index contributed by atoms with van der Waals surface area (Å²) < 4.78 is 6.41. The van der Waals surface area contributed by atoms with E-state index in [1.807, 2.05) is 18.2 Å². The number of carbonyl (C=O) groups excluding carboxylic acids is 1. The number of amides is 1. The Hall–Kier alpha value is -2.36. The monoisotopic (exact) mass is 322 g/mol. The lowest BCUT2D eigenvalue weighted by molar-refractivity contribution is -0.00210. The Bertz CT molecular complexity index is 723. The van der Waals surface area contributed by atoms with Crippen molar-refractivity contribution in [2.45, 2.75) is 50.2 Å². The lowest BCUT2D eigenvalue weighted by Gasteiger charge is -2.44. The van der Waals surface area contributed by atoms with Crippen molar-refractivity contribution in [2.75, 3.05) is 0 Å². The van der Waals surface area contributed by atoms with Crippen LogP contribution < -0.4 is 10.1 Å². The molecule has 1 aromatic carbocycles. The number of rotatable bonds is 2. The molecule has 124 valence electrons. The van der Waals surface area contributed by atoms with Gasteiger partial charge in [0, 0.05) is 24.4 Å². The van der Waals surface area contributed by atoms with Crippen LogP contribution in [-0.2, 0) is 0 Å². The first-order valence-corrected chi connectivity index (χ1v) is 8.75. The van der Waals surface area contributed by atoms with Gasteiger partial charge in [0.15, 0.2) is 0 Å². The number of pyridine rings is 1. The smallest absolute Gasteiger partial charge is 0.253 e. The highest BCUT2D eigenvalue weighted by Crippen LogP contribution is 2.46. The number of nitrogens with zero attached hydrogens (tertiary/aromatic N) is 1. The minimum absolute atomic E-state index is 0.0132. The third kappa shape index (κ3) is 2.88. The second-order valence-corrected chi connectivity index (χ2v) is 6.86. The zero-order valence-electron chi connectivity index (χ0n) is 13.7. The normalized spacial score (nSPS) is 21.6. The van der Waals surface area contributed by atoms with Crippen LogP contribution in [0.2, 0.25) is 0 Å². The summed E-state index contributed by atoms with van der Waals surface area (Å²) in [7, 11) is 0. The van der Waals surface area contributed by atoms with Crippen molar-refractivity contribution in [3.63, 3.8) is 0 Å². The topological polar surface area (TPSA) is 51.2 Å². The van der Waals surface area contributed by atoms with Gasteiger partial charge in [-0.15, -0.1) is 0 Å². The van der Waals surface area contributed by atoms with E-state index in [1.165, 1.54) is 19.3 Å². The molecule has 1 spiro atoms. The first kappa shape index (κ1) is 15.2. The zero-order chi connectivity index (χ0) is 16.4. The molecule has 1 saturated carbocycles. The van der Waals surface area contributed by atoms with Gasteiger partial charge in [0.2, 0.25) is 0 Å². The molecule has 0 saturated heterocycles. The third-order valence-electron chi connectivity index (χ3n) is 5.19. The molecule has 24 heavy (non-hydrogen) atoms. The van der Waals surface area contributed by atoms with Crippen LogP contribution in [0.25, 0.3) is 0 Å². The summed E-state index contributed by atoms with van der Waals surface area (Å²) in [5.41, 5.74) is 1.55. The van der Waals surface area contributed by atoms with Gasteiger partial charge >= 0.3 is 0 Å². The fourth-order valence-electron chi connectivity index (χ4n) is 3.99. The first-order chi connectivity index (χ1) is 11.8. The van der Waals surface area contributed by atoms with Gasteiger partial charge in [-0.05, 0) is 43.9 Å². The van der Waals surface area contributed by atoms with Crippen molar-refractivity contribution >= 4 is 5.91 Å². The summed E-state index contributed by atoms with van der Waals surface area (Å²) >= 11 is 0. The van der Waals surface area contributed by atoms with E-state index in [9.17, 15) is 4.79 Å². The van der Waals surface area contributed by atoms with E-state index >= 15 is 0 Å². The van der Waals surface area contributed by atoms with Gasteiger partial charge < -0.3 is 10.1 Å². The molecule has 0 radical (unpaired) electrons. The van der Waals surface area contributed by atoms with E-state index in [4.69, 9.17) is 4.74 Å². The molecular formula is C20H22N2O2. The summed E-state index contributed by atoms with van der Waals surface area (Å²) in [6, 6.07) is 11.7. The Labute approximate surface area is 142 Å². The molecule has 2 aliphatic rings. The Balaban J connectivity index is 1.62. The number of hydrogen-bond acceptors (Lipinski definition) is 3. The molecule has 1 fully saturated rings. The van der Waals surface area contributed by atoms with Crippen molar-refractivity contribution in [2.24, 2.45) is 0 Å². The maximum atomic E-state index is 12.6. The molecular weight excluding hydrogens is 300 g/mol. The van der Waals surface area contributed by atoms with Crippen LogP contribution in [0.15, 0.2) is 48.8 Å². The predicted molar refractivity (Wildman–Crippen MR) is 91.9 cm³/mol. The largest absolute Gasteiger partial charge is 0.487 e. The summed E-state index contributed by atoms with van der Waals surface area (Å²) in [4.78, 5) is 16.6. The molecule has 1 aliphatic carbocycles. The molecule has 4 rings (SSSR count). The van der Waals surface area contributed by atoms with Gasteiger partial charge in [0.25, 0.3) is 5.91 Å². The molecule has 0 unspecified atom stereocenters. The molecule has 4 heteroatoms. The lowest BCUT2D eigenvalue weighted by Crippen LogP contribution is -2.46. The summed E-state index contributed by atoms with van der Waals surface area (Å²) in [6.07, 6.45) is 9.95. The zero-order valence-corrected chi connectivity index (χ0v) is 13.7. The van der Waals surface area contributed by atoms with Crippen molar-refractivity contribution in [3.8, 4) is 5.75 Å². The lowest BCUT2D eigenvalue weighted by atomic mass is 9.77. The van der Waals surface area contributed by atoms with E-state index in [0.717, 1.165) is 30.6 Å². The number of nitrogens with one attached hydrogen (secondary N) is 1. The third-order valence-corrected chi connectivity index (χ3v) is 5.19. The molecule has 1 N–H and O–H groups in total. The molecule has 1 atom stereocenters. The van der Waals surface area contributed by atoms with E-state index in [1.54, 1.807) is 24.5 Å². The van der Waals surface area contributed by atoms with Crippen LogP contribution in [0.4, 0.5) is 0 Å². The SMILES string of the molecule is O=C(N[C@@H]1CC2(CCCCC2)Oc2ccccc21)c1cccnc1. The van der Waals surface area contributed by atoms with Crippen LogP contribution >= 0.6 is 0 Å². The average molecular weight is 322 g/mol. The highest BCUT2D eigenvalue weighted by atomic mass is 16.5. The van der Waals surface area contributed by atoms with Gasteiger partial charge in [-0.25, -0.2) is 0 Å². The molecule has 2 heterocycles. The van der Waals surface area contributed by atoms with Crippen LogP contribution in [0.1, 0.15) is 60.5 Å². The molecule has 1 aromatic heterocycles. The average Bonchev–Trinajstić information content (AvgIpc) is 2.63. The quantitative estimate of drug-likeness (QED) is 0.908. The van der Waals surface area contributed by atoms with Crippen LogP contribution in [-0.4, -0.2) is 16.5 Å². The van der Waals surface area contributed by atoms with Crippen molar-refractivity contribution in [1.29, 1.82) is 0 Å². The minimum atomic E-state index is -0.126. The molecule has 4 nitrogen and oxygen atoms in total. The summed E-state index contributed by atoms with van der Waals surface area (Å²) in [6.45, 7) is 0. The van der Waals surface area contributed by atoms with Gasteiger partial charge in [-0.3, -0.25) is 9.78 Å². The standard InChI is InChI=1S/C20H22N2O2/c23-19(15-7-6-12-21-14-15)22-17-13-20(10-4-1-5-11-20)24-18-9-3-2-8-16(17)18/h2-3,6-9,12,14,17H,1,4-5,10-11,13H2,(H,22,23)/t17-/m1/s1. The summed E-state index contributed by atoms with van der Waals surface area (Å²) in [5, 5.41) is 3.20. The Morgan fingerprint density at radius 1 is 1.12 bits per heavy atom. The van der Waals surface area contributed by atoms with Crippen LogP contribution in [0.3, 0.4) is 0 Å². The van der Waals surface area contributed by atoms with E-state index in [2.05, 4.69) is 16.4 Å². The number of ether oxygens (including phenoxy) is 1. The van der Waals surface area contributed by atoms with E-state index < -0.39 is 0 Å². The van der Waals surface area contributed by atoms with E-state index in [-0.39, 0.29) is 17.6 Å². The number of para-hydroxylation sites is 1. The second-order valence-electron chi connectivity index (χ2n) is 6.86. The highest BCUT2D eigenvalue weighted by molar-refractivity contribution is 5.94. The Morgan fingerprint density at radius 2 is 1.96 bits per heavy atom. The maximum Gasteiger partial charge on any atom is 0.253 e. The number of aromatic nitrogens is 1. The molecule has 0 bridgehead atoms. The molecule has 1 aliphatic heterocycles. The van der Waals surface area contributed by atoms with Gasteiger partial charge in [-0.2, -0.15) is 0 Å². The molecule has 1 amide bonds. The van der Waals surface area contributed by atoms with Crippen molar-refractivity contribution in [3.05, 3.63) is 59.9 Å². The number of benzene rings is 1. The van der Waals surface area contributed by atoms with E-state index in [0.29, 0.717) is 5.56 Å². The number of hydrogen-bond donors (Lipinski definition) is 1. The molecule has 2 aromatic rings. The fraction of sp³-hybridized carbons (Fsp3) is 0.400. The number of fused-ring (bicyclic) bond motifs is 1. The number of carbonyl (C=O) groups is 1. The Morgan fingerprint density at radius 3 is 2.75 bits per heavy atom. The van der Waals surface area contributed by atoms with Crippen molar-refractivity contribution < 1.29 is 9.53 Å². The first-order valence-electron chi connectivity index (χ1n) is 8.75. The van der Waals surface area contributed by atoms with Gasteiger partial charge in [0.1, 0.15) is 11.4 Å². The van der Waals surface area contributed by atoms with Crippen molar-refractivity contribution in [1.82, 2.24) is 10.3 Å². The van der Waals surface area contributed by atoms with Crippen LogP contribution in [0, 0.1) is 0 Å². The van der Waals surface area contributed by atoms with Crippen LogP contribution in [0.5, 0.6) is 5.75 Å². The predicted octanol–water partition coefficient (Wildman–Crippen LogP) is 4.04. The minimum Gasteiger partial charge on any atom is -0.487 e. The fourth-order valence-corrected chi connectivity index (χ4v) is 3.99. The highest BCUT2D eigenvalue weighted by Gasteiger charge is 2.42. The van der Waals surface area contributed by atoms with Gasteiger partial charge in [0.05, 0.1) is 11.6 Å². The maximum absolute atomic E-state index is 12.6. The second kappa shape index (κ2) is 6.27.